The van der Waals surface area contributed by atoms with Crippen LogP contribution in [0.1, 0.15) is 46.6 Å². The van der Waals surface area contributed by atoms with E-state index in [0.717, 1.165) is 28.7 Å². The van der Waals surface area contributed by atoms with Crippen LogP contribution in [0.2, 0.25) is 0 Å². The Hall–Kier alpha value is -2.53. The second-order valence-electron chi connectivity index (χ2n) is 6.93. The molecule has 2 heterocycles. The van der Waals surface area contributed by atoms with Crippen LogP contribution in [0.5, 0.6) is 0 Å². The number of amides is 1. The summed E-state index contributed by atoms with van der Waals surface area (Å²) in [6.07, 6.45) is 2.63. The van der Waals surface area contributed by atoms with E-state index in [1.807, 2.05) is 65.0 Å². The molecule has 0 N–H and O–H groups in total. The van der Waals surface area contributed by atoms with Crippen LogP contribution in [0.25, 0.3) is 0 Å². The third-order valence-electron chi connectivity index (χ3n) is 4.99. The summed E-state index contributed by atoms with van der Waals surface area (Å²) < 4.78 is 0. The Bertz CT molecular complexity index is 873. The lowest BCUT2D eigenvalue weighted by Crippen LogP contribution is -2.22. The molecule has 5 rings (SSSR count). The van der Waals surface area contributed by atoms with Crippen LogP contribution in [0, 0.1) is 5.92 Å². The summed E-state index contributed by atoms with van der Waals surface area (Å²) in [5.41, 5.74) is 4.71. The number of aromatic nitrogens is 2. The number of para-hydroxylation sites is 1. The number of fused-ring (bicyclic) bond motifs is 1. The van der Waals surface area contributed by atoms with Gasteiger partial charge < -0.3 is 4.90 Å². The first-order valence-electron chi connectivity index (χ1n) is 8.93. The van der Waals surface area contributed by atoms with Crippen LogP contribution in [0.4, 0.5) is 5.69 Å². The summed E-state index contributed by atoms with van der Waals surface area (Å²) in [6, 6.07) is 17.6. The van der Waals surface area contributed by atoms with Crippen LogP contribution in [0.3, 0.4) is 0 Å². The molecule has 2 aromatic carbocycles. The molecule has 3 aromatic rings. The summed E-state index contributed by atoms with van der Waals surface area (Å²) in [4.78, 5) is 13.9. The highest BCUT2D eigenvalue weighted by Crippen LogP contribution is 2.41. The zero-order chi connectivity index (χ0) is 17.9. The van der Waals surface area contributed by atoms with Crippen LogP contribution < -0.4 is 4.90 Å². The first-order chi connectivity index (χ1) is 12.7. The molecule has 26 heavy (non-hydrogen) atoms. The Morgan fingerprint density at radius 1 is 1.04 bits per heavy atom. The number of hydrogen-bond acceptors (Lipinski definition) is 4. The molecule has 1 aliphatic carbocycles. The maximum atomic E-state index is 12.1. The van der Waals surface area contributed by atoms with Crippen molar-refractivity contribution in [3.8, 4) is 0 Å². The van der Waals surface area contributed by atoms with Gasteiger partial charge in [-0.05, 0) is 42.5 Å². The summed E-state index contributed by atoms with van der Waals surface area (Å²) in [6.45, 7) is 2.97. The van der Waals surface area contributed by atoms with E-state index in [4.69, 9.17) is 0 Å². The minimum Gasteiger partial charge on any atom is -0.304 e. The van der Waals surface area contributed by atoms with Crippen molar-refractivity contribution >= 4 is 22.9 Å². The monoisotopic (exact) mass is 363 g/mol. The Morgan fingerprint density at radius 3 is 2.42 bits per heavy atom. The van der Waals surface area contributed by atoms with Crippen molar-refractivity contribution in [3.63, 3.8) is 0 Å². The molecule has 1 saturated carbocycles. The van der Waals surface area contributed by atoms with E-state index in [9.17, 15) is 4.79 Å². The van der Waals surface area contributed by atoms with Crippen molar-refractivity contribution in [1.29, 1.82) is 0 Å². The molecular weight excluding hydrogens is 342 g/mol. The van der Waals surface area contributed by atoms with Crippen molar-refractivity contribution < 1.29 is 4.79 Å². The third kappa shape index (κ3) is 3.40. The van der Waals surface area contributed by atoms with E-state index in [2.05, 4.69) is 17.1 Å². The van der Waals surface area contributed by atoms with Crippen LogP contribution in [0.15, 0.2) is 60.1 Å². The zero-order valence-corrected chi connectivity index (χ0v) is 15.5. The summed E-state index contributed by atoms with van der Waals surface area (Å²) in [5, 5.41) is 9.09. The van der Waals surface area contributed by atoms with E-state index in [0.29, 0.717) is 6.54 Å². The molecule has 1 aromatic heterocycles. The summed E-state index contributed by atoms with van der Waals surface area (Å²) >= 11 is 1.69. The minimum absolute atomic E-state index is 0.0989. The van der Waals surface area contributed by atoms with Gasteiger partial charge in [-0.2, -0.15) is 0 Å². The number of nitrogens with zero attached hydrogens (tertiary/aromatic N) is 3. The zero-order valence-electron chi connectivity index (χ0n) is 14.7. The molecule has 1 amide bonds. The number of benzene rings is 2. The van der Waals surface area contributed by atoms with E-state index >= 15 is 0 Å². The minimum atomic E-state index is 0.0989. The topological polar surface area (TPSA) is 46.1 Å². The Kier molecular flexibility index (Phi) is 4.80. The molecule has 4 nitrogen and oxygen atoms in total. The first-order valence-corrected chi connectivity index (χ1v) is 9.81. The Morgan fingerprint density at radius 2 is 1.77 bits per heavy atom. The molecule has 5 heteroatoms. The van der Waals surface area contributed by atoms with Gasteiger partial charge in [0.25, 0.3) is 5.91 Å². The fourth-order valence-corrected chi connectivity index (χ4v) is 4.22. The number of anilines is 1. The quantitative estimate of drug-likeness (QED) is 0.651. The van der Waals surface area contributed by atoms with Crippen molar-refractivity contribution in [1.82, 2.24) is 10.2 Å². The Labute approximate surface area is 157 Å². The molecule has 0 atom stereocenters. The molecule has 0 unspecified atom stereocenters. The summed E-state index contributed by atoms with van der Waals surface area (Å²) in [7, 11) is 0. The van der Waals surface area contributed by atoms with Crippen LogP contribution in [-0.4, -0.2) is 16.1 Å². The smallest absolute Gasteiger partial charge is 0.258 e. The van der Waals surface area contributed by atoms with Gasteiger partial charge in [-0.3, -0.25) is 4.79 Å². The molecule has 1 fully saturated rings. The van der Waals surface area contributed by atoms with Gasteiger partial charge >= 0.3 is 0 Å². The van der Waals surface area contributed by atoms with Crippen LogP contribution in [-0.2, 0) is 6.54 Å². The van der Waals surface area contributed by atoms with E-state index in [1.165, 1.54) is 17.8 Å². The fourth-order valence-electron chi connectivity index (χ4n) is 3.53. The van der Waals surface area contributed by atoms with Crippen LogP contribution >= 0.6 is 11.3 Å². The number of carbonyl (C=O) groups excluding carboxylic acids is 1. The van der Waals surface area contributed by atoms with Crippen molar-refractivity contribution in [2.75, 3.05) is 4.90 Å². The molecule has 0 radical (unpaired) electrons. The average molecular weight is 363 g/mol. The maximum Gasteiger partial charge on any atom is 0.258 e. The highest BCUT2D eigenvalue weighted by Gasteiger charge is 2.29. The lowest BCUT2D eigenvalue weighted by Gasteiger charge is -2.30. The molecule has 1 aliphatic heterocycles. The molecule has 0 spiro atoms. The molecule has 0 bridgehead atoms. The van der Waals surface area contributed by atoms with Gasteiger partial charge in [-0.1, -0.05) is 43.3 Å². The Balaban J connectivity index is 0.000000144. The highest BCUT2D eigenvalue weighted by molar-refractivity contribution is 7.09. The highest BCUT2D eigenvalue weighted by atomic mass is 32.1. The normalized spacial score (nSPS) is 20.8. The first kappa shape index (κ1) is 16.9. The molecule has 0 saturated heterocycles. The number of rotatable bonds is 2. The lowest BCUT2D eigenvalue weighted by molar-refractivity contribution is 0.0996. The number of carbonyl (C=O) groups is 1. The van der Waals surface area contributed by atoms with E-state index in [1.54, 1.807) is 11.3 Å². The van der Waals surface area contributed by atoms with Gasteiger partial charge in [0.05, 0.1) is 6.54 Å². The van der Waals surface area contributed by atoms with E-state index < -0.39 is 0 Å². The van der Waals surface area contributed by atoms with Crippen molar-refractivity contribution in [2.45, 2.75) is 32.2 Å². The third-order valence-corrected chi connectivity index (χ3v) is 5.85. The SMILES string of the molecule is CC1CC(c2nncs2)C1.O=C1c2ccccc2CN1c1ccccc1. The van der Waals surface area contributed by atoms with Gasteiger partial charge in [0, 0.05) is 17.2 Å². The molecular formula is C21H21N3OS. The van der Waals surface area contributed by atoms with Gasteiger partial charge in [0.2, 0.25) is 0 Å². The van der Waals surface area contributed by atoms with Gasteiger partial charge in [-0.15, -0.1) is 21.5 Å². The van der Waals surface area contributed by atoms with Gasteiger partial charge in [-0.25, -0.2) is 0 Å². The number of hydrogen-bond donors (Lipinski definition) is 0. The standard InChI is InChI=1S/C14H11NO.C7H10N2S/c16-14-13-9-5-4-6-11(13)10-15(14)12-7-2-1-3-8-12;1-5-2-6(3-5)7-9-8-4-10-7/h1-9H,10H2;4-6H,2-3H2,1H3. The fraction of sp³-hybridized carbons (Fsp3) is 0.286. The lowest BCUT2D eigenvalue weighted by atomic mass is 9.77. The second kappa shape index (κ2) is 7.38. The van der Waals surface area contributed by atoms with Crippen molar-refractivity contribution in [3.05, 3.63) is 76.2 Å². The summed E-state index contributed by atoms with van der Waals surface area (Å²) in [5.74, 6) is 1.75. The predicted molar refractivity (Wildman–Crippen MR) is 104 cm³/mol. The molecule has 132 valence electrons. The second-order valence-corrected chi connectivity index (χ2v) is 7.80. The van der Waals surface area contributed by atoms with Gasteiger partial charge in [0.15, 0.2) is 0 Å². The van der Waals surface area contributed by atoms with E-state index in [-0.39, 0.29) is 5.91 Å². The molecule has 2 aliphatic rings. The largest absolute Gasteiger partial charge is 0.304 e. The average Bonchev–Trinajstić information content (AvgIpc) is 3.29. The predicted octanol–water partition coefficient (Wildman–Crippen LogP) is 4.90. The van der Waals surface area contributed by atoms with Crippen molar-refractivity contribution in [2.24, 2.45) is 5.92 Å². The maximum absolute atomic E-state index is 12.1. The van der Waals surface area contributed by atoms with Gasteiger partial charge in [0.1, 0.15) is 10.5 Å².